The number of aromatic nitrogens is 1. The van der Waals surface area contributed by atoms with Crippen LogP contribution in [0, 0.1) is 0 Å². The maximum Gasteiger partial charge on any atom is 0.272 e. The Morgan fingerprint density at radius 1 is 0.867 bits per heavy atom. The molecule has 7 nitrogen and oxygen atoms in total. The molecule has 1 aromatic heterocycles. The van der Waals surface area contributed by atoms with Crippen LogP contribution in [0.1, 0.15) is 44.8 Å². The Morgan fingerprint density at radius 2 is 1.62 bits per heavy atom. The molecule has 45 heavy (non-hydrogen) atoms. The van der Waals surface area contributed by atoms with Crippen molar-refractivity contribution in [1.29, 1.82) is 0 Å². The van der Waals surface area contributed by atoms with Gasteiger partial charge in [-0.15, -0.1) is 11.8 Å². The molecule has 2 amide bonds. The molecular weight excluding hydrogens is 582 g/mol. The van der Waals surface area contributed by atoms with Crippen LogP contribution < -0.4 is 15.4 Å². The summed E-state index contributed by atoms with van der Waals surface area (Å²) in [7, 11) is 1.57. The summed E-state index contributed by atoms with van der Waals surface area (Å²) >= 11 is 1.47. The maximum absolute atomic E-state index is 13.5. The van der Waals surface area contributed by atoms with Gasteiger partial charge in [0.25, 0.3) is 11.8 Å². The van der Waals surface area contributed by atoms with Crippen LogP contribution >= 0.6 is 11.8 Å². The third kappa shape index (κ3) is 6.86. The Labute approximate surface area is 266 Å². The second-order valence-electron chi connectivity index (χ2n) is 10.8. The van der Waals surface area contributed by atoms with E-state index in [9.17, 15) is 14.4 Å². The highest BCUT2D eigenvalue weighted by atomic mass is 32.2. The average molecular weight is 616 g/mol. The lowest BCUT2D eigenvalue weighted by atomic mass is 9.96. The Hall–Kier alpha value is -5.08. The van der Waals surface area contributed by atoms with Crippen LogP contribution in [-0.4, -0.2) is 35.2 Å². The summed E-state index contributed by atoms with van der Waals surface area (Å²) in [6, 6.07) is 31.5. The summed E-state index contributed by atoms with van der Waals surface area (Å²) < 4.78 is 7.23. The Balaban J connectivity index is 1.15. The Bertz CT molecular complexity index is 1890. The first-order valence-electron chi connectivity index (χ1n) is 14.9. The number of fused-ring (bicyclic) bond motifs is 3. The molecule has 0 fully saturated rings. The fourth-order valence-corrected chi connectivity index (χ4v) is 6.41. The minimum Gasteiger partial charge on any atom is -0.497 e. The lowest BCUT2D eigenvalue weighted by Gasteiger charge is -2.15. The van der Waals surface area contributed by atoms with Gasteiger partial charge in [0.2, 0.25) is 5.91 Å². The fraction of sp³-hybridized carbons (Fsp3) is 0.162. The van der Waals surface area contributed by atoms with Gasteiger partial charge in [0.15, 0.2) is 0 Å². The van der Waals surface area contributed by atoms with Crippen LogP contribution in [0.25, 0.3) is 17.0 Å². The number of thioether (sulfide) groups is 1. The molecule has 0 atom stereocenters. The average Bonchev–Trinajstić information content (AvgIpc) is 3.42. The van der Waals surface area contributed by atoms with Crippen molar-refractivity contribution in [3.63, 3.8) is 0 Å². The van der Waals surface area contributed by atoms with Crippen LogP contribution in [-0.2, 0) is 17.6 Å². The number of amides is 2. The first-order valence-corrected chi connectivity index (χ1v) is 15.9. The molecule has 1 heterocycles. The van der Waals surface area contributed by atoms with Gasteiger partial charge >= 0.3 is 0 Å². The zero-order valence-corrected chi connectivity index (χ0v) is 25.7. The molecule has 0 bridgehead atoms. The van der Waals surface area contributed by atoms with E-state index in [4.69, 9.17) is 4.74 Å². The summed E-state index contributed by atoms with van der Waals surface area (Å²) in [5.74, 6) is 0.137. The summed E-state index contributed by atoms with van der Waals surface area (Å²) in [5.41, 5.74) is 5.24. The zero-order chi connectivity index (χ0) is 31.2. The second-order valence-corrected chi connectivity index (χ2v) is 11.8. The van der Waals surface area contributed by atoms with Crippen LogP contribution in [0.15, 0.2) is 114 Å². The number of benzene rings is 4. The molecule has 1 aliphatic carbocycles. The molecule has 0 radical (unpaired) electrons. The standard InChI is InChI=1S/C37H33N3O4S/c1-44-28-13-9-10-25(22-28)23-32(39-36(42)26-11-3-2-4-12-26)37(43)38-27-18-20-29(21-19-27)45-24-35(41)40-33-16-7-5-14-30(33)31-15-6-8-17-34(31)40/h2-5,7,9-14,16,18-23H,6,8,15,17,24H2,1H3,(H,38,43)(H,39,42)/b32-23-. The lowest BCUT2D eigenvalue weighted by Crippen LogP contribution is -2.30. The quantitative estimate of drug-likeness (QED) is 0.134. The predicted molar refractivity (Wildman–Crippen MR) is 180 cm³/mol. The predicted octanol–water partition coefficient (Wildman–Crippen LogP) is 7.37. The van der Waals surface area contributed by atoms with Gasteiger partial charge in [-0.1, -0.05) is 48.5 Å². The van der Waals surface area contributed by atoms with Crippen LogP contribution in [0.5, 0.6) is 5.75 Å². The normalized spacial score (nSPS) is 12.8. The number of hydrogen-bond acceptors (Lipinski definition) is 5. The number of aryl methyl sites for hydroxylation is 1. The molecule has 1 aliphatic rings. The number of nitrogens with one attached hydrogen (secondary N) is 2. The molecule has 0 saturated carbocycles. The summed E-state index contributed by atoms with van der Waals surface area (Å²) in [4.78, 5) is 40.7. The molecule has 8 heteroatoms. The number of anilines is 1. The molecule has 4 aromatic carbocycles. The lowest BCUT2D eigenvalue weighted by molar-refractivity contribution is -0.113. The first kappa shape index (κ1) is 30.0. The summed E-state index contributed by atoms with van der Waals surface area (Å²) in [6.45, 7) is 0. The molecule has 226 valence electrons. The van der Waals surface area contributed by atoms with E-state index in [1.54, 1.807) is 61.7 Å². The van der Waals surface area contributed by atoms with Crippen molar-refractivity contribution in [3.8, 4) is 5.75 Å². The van der Waals surface area contributed by atoms with Gasteiger partial charge in [-0.3, -0.25) is 19.0 Å². The monoisotopic (exact) mass is 615 g/mol. The van der Waals surface area contributed by atoms with Crippen molar-refractivity contribution in [2.45, 2.75) is 30.6 Å². The van der Waals surface area contributed by atoms with E-state index in [1.165, 1.54) is 22.7 Å². The van der Waals surface area contributed by atoms with Gasteiger partial charge < -0.3 is 15.4 Å². The number of nitrogens with zero attached hydrogens (tertiary/aromatic N) is 1. The van der Waals surface area contributed by atoms with Gasteiger partial charge in [-0.25, -0.2) is 0 Å². The smallest absolute Gasteiger partial charge is 0.272 e. The zero-order valence-electron chi connectivity index (χ0n) is 24.9. The van der Waals surface area contributed by atoms with Crippen LogP contribution in [0.2, 0.25) is 0 Å². The molecule has 0 aliphatic heterocycles. The molecular formula is C37H33N3O4S. The third-order valence-corrected chi connectivity index (χ3v) is 8.83. The topological polar surface area (TPSA) is 89.4 Å². The number of methoxy groups -OCH3 is 1. The number of carbonyl (C=O) groups is 3. The van der Waals surface area contributed by atoms with E-state index in [1.807, 2.05) is 53.1 Å². The highest BCUT2D eigenvalue weighted by Crippen LogP contribution is 2.33. The second kappa shape index (κ2) is 13.7. The van der Waals surface area contributed by atoms with Crippen molar-refractivity contribution in [2.75, 3.05) is 18.2 Å². The minimum absolute atomic E-state index is 0.0678. The van der Waals surface area contributed by atoms with Gasteiger partial charge in [-0.05, 0) is 97.5 Å². The van der Waals surface area contributed by atoms with Crippen molar-refractivity contribution < 1.29 is 19.1 Å². The molecule has 6 rings (SSSR count). The van der Waals surface area contributed by atoms with E-state index in [-0.39, 0.29) is 11.6 Å². The van der Waals surface area contributed by atoms with Gasteiger partial charge in [0.1, 0.15) is 11.4 Å². The molecule has 0 saturated heterocycles. The van der Waals surface area contributed by atoms with E-state index < -0.39 is 11.8 Å². The highest BCUT2D eigenvalue weighted by molar-refractivity contribution is 8.00. The van der Waals surface area contributed by atoms with Crippen molar-refractivity contribution in [3.05, 3.63) is 131 Å². The molecule has 5 aromatic rings. The molecule has 0 spiro atoms. The molecule has 2 N–H and O–H groups in total. The number of carbonyl (C=O) groups excluding carboxylic acids is 3. The van der Waals surface area contributed by atoms with E-state index >= 15 is 0 Å². The SMILES string of the molecule is COc1cccc(/C=C(\NC(=O)c2ccccc2)C(=O)Nc2ccc(SCC(=O)n3c4c(c5ccccc53)CCCC4)cc2)c1. The van der Waals surface area contributed by atoms with E-state index in [0.717, 1.165) is 41.8 Å². The van der Waals surface area contributed by atoms with Crippen LogP contribution in [0.3, 0.4) is 0 Å². The number of hydrogen-bond donors (Lipinski definition) is 2. The summed E-state index contributed by atoms with van der Waals surface area (Å²) in [6.07, 6.45) is 5.81. The van der Waals surface area contributed by atoms with Gasteiger partial charge in [0.05, 0.1) is 18.4 Å². The van der Waals surface area contributed by atoms with Gasteiger partial charge in [0, 0.05) is 27.2 Å². The Morgan fingerprint density at radius 3 is 2.42 bits per heavy atom. The number of ether oxygens (including phenoxy) is 1. The third-order valence-electron chi connectivity index (χ3n) is 7.84. The summed E-state index contributed by atoms with van der Waals surface area (Å²) in [5, 5.41) is 6.82. The van der Waals surface area contributed by atoms with Crippen molar-refractivity contribution in [1.82, 2.24) is 9.88 Å². The van der Waals surface area contributed by atoms with E-state index in [0.29, 0.717) is 28.3 Å². The van der Waals surface area contributed by atoms with Gasteiger partial charge in [-0.2, -0.15) is 0 Å². The van der Waals surface area contributed by atoms with Crippen molar-refractivity contribution in [2.24, 2.45) is 0 Å². The first-order chi connectivity index (χ1) is 22.0. The minimum atomic E-state index is -0.470. The van der Waals surface area contributed by atoms with E-state index in [2.05, 4.69) is 16.7 Å². The fourth-order valence-electron chi connectivity index (χ4n) is 5.66. The highest BCUT2D eigenvalue weighted by Gasteiger charge is 2.23. The number of rotatable bonds is 9. The molecule has 0 unspecified atom stereocenters. The van der Waals surface area contributed by atoms with Crippen LogP contribution in [0.4, 0.5) is 5.69 Å². The Kier molecular flexibility index (Phi) is 9.12. The van der Waals surface area contributed by atoms with Crippen molar-refractivity contribution >= 4 is 52.1 Å². The largest absolute Gasteiger partial charge is 0.497 e. The number of para-hydroxylation sites is 1. The maximum atomic E-state index is 13.5.